The maximum absolute atomic E-state index is 11.2. The maximum atomic E-state index is 11.2. The maximum Gasteiger partial charge on any atom is 0.331 e. The van der Waals surface area contributed by atoms with Crippen LogP contribution in [0.25, 0.3) is 0 Å². The molecule has 0 fully saturated rings. The summed E-state index contributed by atoms with van der Waals surface area (Å²) < 4.78 is 9.92. The predicted molar refractivity (Wildman–Crippen MR) is 70.0 cm³/mol. The van der Waals surface area contributed by atoms with Crippen molar-refractivity contribution in [2.75, 3.05) is 13.2 Å². The van der Waals surface area contributed by atoms with Crippen LogP contribution in [0, 0.1) is 11.8 Å². The van der Waals surface area contributed by atoms with Crippen molar-refractivity contribution in [3.8, 4) is 0 Å². The average Bonchev–Trinajstić information content (AvgIpc) is 2.39. The van der Waals surface area contributed by atoms with E-state index < -0.39 is 11.9 Å². The Morgan fingerprint density at radius 3 is 1.50 bits per heavy atom. The van der Waals surface area contributed by atoms with Crippen LogP contribution in [0.15, 0.2) is 12.2 Å². The first kappa shape index (κ1) is 16.7. The molecule has 0 bridgehead atoms. The van der Waals surface area contributed by atoms with Crippen molar-refractivity contribution in [2.45, 2.75) is 40.5 Å². The Labute approximate surface area is 109 Å². The zero-order valence-electron chi connectivity index (χ0n) is 11.8. The van der Waals surface area contributed by atoms with Gasteiger partial charge in [0.15, 0.2) is 0 Å². The average molecular weight is 256 g/mol. The number of ether oxygens (including phenoxy) is 2. The van der Waals surface area contributed by atoms with Gasteiger partial charge in [0.05, 0.1) is 13.2 Å². The van der Waals surface area contributed by atoms with E-state index in [1.54, 1.807) is 0 Å². The monoisotopic (exact) mass is 256 g/mol. The molecule has 0 aliphatic rings. The van der Waals surface area contributed by atoms with Gasteiger partial charge < -0.3 is 9.47 Å². The Morgan fingerprint density at radius 2 is 1.22 bits per heavy atom. The molecule has 4 heteroatoms. The summed E-state index contributed by atoms with van der Waals surface area (Å²) in [6.07, 6.45) is 4.13. The van der Waals surface area contributed by atoms with Crippen LogP contribution < -0.4 is 0 Å². The fourth-order valence-corrected chi connectivity index (χ4v) is 0.917. The molecule has 0 aromatic carbocycles. The van der Waals surface area contributed by atoms with Crippen molar-refractivity contribution in [3.05, 3.63) is 12.2 Å². The Hall–Kier alpha value is -1.32. The third-order valence-electron chi connectivity index (χ3n) is 2.77. The number of esters is 2. The lowest BCUT2D eigenvalue weighted by molar-refractivity contribution is -0.141. The van der Waals surface area contributed by atoms with Gasteiger partial charge in [-0.3, -0.25) is 0 Å². The quantitative estimate of drug-likeness (QED) is 0.495. The first-order chi connectivity index (χ1) is 8.49. The van der Waals surface area contributed by atoms with Crippen LogP contribution in [0.3, 0.4) is 0 Å². The van der Waals surface area contributed by atoms with Gasteiger partial charge in [0.25, 0.3) is 0 Å². The van der Waals surface area contributed by atoms with E-state index in [0.29, 0.717) is 25.0 Å². The number of hydrogen-bond acceptors (Lipinski definition) is 4. The molecule has 0 N–H and O–H groups in total. The van der Waals surface area contributed by atoms with Crippen LogP contribution in [-0.4, -0.2) is 25.2 Å². The molecular weight excluding hydrogens is 232 g/mol. The van der Waals surface area contributed by atoms with Crippen LogP contribution >= 0.6 is 0 Å². The van der Waals surface area contributed by atoms with E-state index in [4.69, 9.17) is 9.47 Å². The summed E-state index contributed by atoms with van der Waals surface area (Å²) in [6, 6.07) is 0. The summed E-state index contributed by atoms with van der Waals surface area (Å²) in [5.74, 6) is -0.342. The number of rotatable bonds is 8. The second kappa shape index (κ2) is 9.68. The van der Waals surface area contributed by atoms with E-state index in [9.17, 15) is 9.59 Å². The molecule has 0 aromatic rings. The molecular formula is C14H24O4. The van der Waals surface area contributed by atoms with Gasteiger partial charge in [-0.25, -0.2) is 9.59 Å². The van der Waals surface area contributed by atoms with Crippen molar-refractivity contribution in [1.29, 1.82) is 0 Å². The summed E-state index contributed by atoms with van der Waals surface area (Å²) in [4.78, 5) is 22.5. The highest BCUT2D eigenvalue weighted by Crippen LogP contribution is 2.02. The van der Waals surface area contributed by atoms with Crippen molar-refractivity contribution in [1.82, 2.24) is 0 Å². The van der Waals surface area contributed by atoms with Gasteiger partial charge in [-0.1, -0.05) is 40.5 Å². The molecule has 0 radical (unpaired) electrons. The fraction of sp³-hybridized carbons (Fsp3) is 0.714. The topological polar surface area (TPSA) is 52.6 Å². The minimum absolute atomic E-state index is 0.333. The van der Waals surface area contributed by atoms with Crippen molar-refractivity contribution < 1.29 is 19.1 Å². The lowest BCUT2D eigenvalue weighted by atomic mass is 10.1. The van der Waals surface area contributed by atoms with Crippen LogP contribution in [0.4, 0.5) is 0 Å². The molecule has 4 nitrogen and oxygen atoms in total. The van der Waals surface area contributed by atoms with Crippen molar-refractivity contribution in [2.24, 2.45) is 11.8 Å². The summed E-state index contributed by atoms with van der Waals surface area (Å²) in [5, 5.41) is 0. The van der Waals surface area contributed by atoms with Gasteiger partial charge in [0, 0.05) is 12.2 Å². The Morgan fingerprint density at radius 1 is 0.889 bits per heavy atom. The highest BCUT2D eigenvalue weighted by atomic mass is 16.5. The molecule has 0 amide bonds. The second-order valence-electron chi connectivity index (χ2n) is 4.62. The van der Waals surface area contributed by atoms with Crippen molar-refractivity contribution >= 4 is 11.9 Å². The molecule has 0 aliphatic heterocycles. The Kier molecular flexibility index (Phi) is 8.97. The van der Waals surface area contributed by atoms with Crippen LogP contribution in [0.1, 0.15) is 40.5 Å². The number of carbonyl (C=O) groups excluding carboxylic acids is 2. The van der Waals surface area contributed by atoms with Crippen molar-refractivity contribution in [3.63, 3.8) is 0 Å². The molecule has 0 aromatic heterocycles. The van der Waals surface area contributed by atoms with Gasteiger partial charge in [-0.15, -0.1) is 0 Å². The van der Waals surface area contributed by atoms with E-state index in [-0.39, 0.29) is 0 Å². The smallest absolute Gasteiger partial charge is 0.331 e. The first-order valence-electron chi connectivity index (χ1n) is 6.51. The zero-order chi connectivity index (χ0) is 14.0. The molecule has 0 aliphatic carbocycles. The van der Waals surface area contributed by atoms with E-state index in [1.807, 2.05) is 27.7 Å². The van der Waals surface area contributed by atoms with Crippen LogP contribution in [0.2, 0.25) is 0 Å². The summed E-state index contributed by atoms with van der Waals surface area (Å²) in [7, 11) is 0. The van der Waals surface area contributed by atoms with Crippen LogP contribution in [0.5, 0.6) is 0 Å². The number of carbonyl (C=O) groups is 2. The lowest BCUT2D eigenvalue weighted by Gasteiger charge is -2.08. The molecule has 18 heavy (non-hydrogen) atoms. The molecule has 0 saturated carbocycles. The van der Waals surface area contributed by atoms with E-state index in [1.165, 1.54) is 0 Å². The van der Waals surface area contributed by atoms with Gasteiger partial charge in [-0.05, 0) is 11.8 Å². The minimum atomic E-state index is -0.504. The molecule has 0 spiro atoms. The molecule has 0 rings (SSSR count). The third-order valence-corrected chi connectivity index (χ3v) is 2.77. The highest BCUT2D eigenvalue weighted by Gasteiger charge is 2.05. The highest BCUT2D eigenvalue weighted by molar-refractivity contribution is 5.91. The lowest BCUT2D eigenvalue weighted by Crippen LogP contribution is -2.11. The fourth-order valence-electron chi connectivity index (χ4n) is 0.917. The first-order valence-corrected chi connectivity index (χ1v) is 6.51. The zero-order valence-corrected chi connectivity index (χ0v) is 11.8. The predicted octanol–water partition coefficient (Wildman–Crippen LogP) is 2.72. The largest absolute Gasteiger partial charge is 0.462 e. The van der Waals surface area contributed by atoms with E-state index >= 15 is 0 Å². The van der Waals surface area contributed by atoms with Gasteiger partial charge in [-0.2, -0.15) is 0 Å². The SMILES string of the molecule is CCC(C)COC(=O)C=CC(=O)OCC(C)CC. The standard InChI is InChI=1S/C14H24O4/c1-5-11(3)9-17-13(15)7-8-14(16)18-10-12(4)6-2/h7-8,11-12H,5-6,9-10H2,1-4H3. The Bertz CT molecular complexity index is 256. The normalized spacial score (nSPS) is 14.2. The summed E-state index contributed by atoms with van der Waals surface area (Å²) >= 11 is 0. The third kappa shape index (κ3) is 8.79. The minimum Gasteiger partial charge on any atom is -0.462 e. The van der Waals surface area contributed by atoms with Gasteiger partial charge in [0.2, 0.25) is 0 Å². The molecule has 104 valence electrons. The molecule has 2 unspecified atom stereocenters. The molecule has 0 heterocycles. The van der Waals surface area contributed by atoms with Crippen LogP contribution in [-0.2, 0) is 19.1 Å². The van der Waals surface area contributed by atoms with Gasteiger partial charge in [0.1, 0.15) is 0 Å². The summed E-state index contributed by atoms with van der Waals surface area (Å²) in [5.41, 5.74) is 0. The van der Waals surface area contributed by atoms with E-state index in [2.05, 4.69) is 0 Å². The second-order valence-corrected chi connectivity index (χ2v) is 4.62. The molecule has 2 atom stereocenters. The molecule has 0 saturated heterocycles. The van der Waals surface area contributed by atoms with Gasteiger partial charge >= 0.3 is 11.9 Å². The van der Waals surface area contributed by atoms with E-state index in [0.717, 1.165) is 25.0 Å². The summed E-state index contributed by atoms with van der Waals surface area (Å²) in [6.45, 7) is 8.80. The number of hydrogen-bond donors (Lipinski definition) is 0. The Balaban J connectivity index is 3.85.